The zero-order chi connectivity index (χ0) is 19.0. The average molecular weight is 367 g/mol. The van der Waals surface area contributed by atoms with E-state index in [1.807, 2.05) is 18.2 Å². The van der Waals surface area contributed by atoms with Gasteiger partial charge in [0.15, 0.2) is 5.67 Å². The van der Waals surface area contributed by atoms with Gasteiger partial charge in [-0.3, -0.25) is 0 Å². The van der Waals surface area contributed by atoms with Gasteiger partial charge >= 0.3 is 0 Å². The van der Waals surface area contributed by atoms with E-state index in [4.69, 9.17) is 9.16 Å². The largest absolute Gasteiger partial charge is 0.542 e. The molecule has 2 nitrogen and oxygen atoms in total. The van der Waals surface area contributed by atoms with E-state index in [2.05, 4.69) is 55.4 Å². The highest BCUT2D eigenvalue weighted by molar-refractivity contribution is 6.78. The van der Waals surface area contributed by atoms with Crippen molar-refractivity contribution in [3.05, 3.63) is 29.3 Å². The van der Waals surface area contributed by atoms with Crippen LogP contribution in [0.2, 0.25) is 16.6 Å². The van der Waals surface area contributed by atoms with Crippen molar-refractivity contribution in [1.82, 2.24) is 0 Å². The first kappa shape index (κ1) is 20.4. The van der Waals surface area contributed by atoms with Gasteiger partial charge in [0.1, 0.15) is 5.75 Å². The summed E-state index contributed by atoms with van der Waals surface area (Å²) in [6.45, 7) is 18.4. The first-order valence-corrected chi connectivity index (χ1v) is 11.8. The molecule has 2 rings (SSSR count). The lowest BCUT2D eigenvalue weighted by molar-refractivity contribution is -0.135. The summed E-state index contributed by atoms with van der Waals surface area (Å²) >= 11 is 0. The zero-order valence-corrected chi connectivity index (χ0v) is 18.2. The molecule has 1 saturated heterocycles. The summed E-state index contributed by atoms with van der Waals surface area (Å²) < 4.78 is 26.8. The Kier molecular flexibility index (Phi) is 6.05. The molecule has 0 aliphatic carbocycles. The number of alkyl halides is 1. The van der Waals surface area contributed by atoms with Crippen LogP contribution in [0, 0.1) is 0 Å². The number of rotatable bonds is 7. The Labute approximate surface area is 154 Å². The fraction of sp³-hybridized carbons (Fsp3) is 0.714. The lowest BCUT2D eigenvalue weighted by Crippen LogP contribution is -2.51. The summed E-state index contributed by atoms with van der Waals surface area (Å²) in [6, 6.07) is 5.89. The Hall–Kier alpha value is -0.873. The molecule has 0 radical (unpaired) electrons. The topological polar surface area (TPSA) is 18.5 Å². The van der Waals surface area contributed by atoms with Crippen LogP contribution in [0.25, 0.3) is 0 Å². The highest BCUT2D eigenvalue weighted by Gasteiger charge is 2.47. The predicted octanol–water partition coefficient (Wildman–Crippen LogP) is 6.56. The Balaban J connectivity index is 2.47. The van der Waals surface area contributed by atoms with Crippen molar-refractivity contribution in [2.24, 2.45) is 0 Å². The Morgan fingerprint density at radius 2 is 1.48 bits per heavy atom. The average Bonchev–Trinajstić information content (AvgIpc) is 2.48. The van der Waals surface area contributed by atoms with Crippen LogP contribution in [0.4, 0.5) is 4.39 Å². The molecule has 0 aromatic heterocycles. The fourth-order valence-electron chi connectivity index (χ4n) is 4.36. The van der Waals surface area contributed by atoms with Crippen LogP contribution >= 0.6 is 0 Å². The van der Waals surface area contributed by atoms with Crippen LogP contribution in [-0.2, 0) is 10.4 Å². The van der Waals surface area contributed by atoms with Crippen LogP contribution < -0.4 is 4.43 Å². The van der Waals surface area contributed by atoms with E-state index in [9.17, 15) is 4.39 Å². The summed E-state index contributed by atoms with van der Waals surface area (Å²) in [7, 11) is -2.02. The van der Waals surface area contributed by atoms with Gasteiger partial charge in [-0.05, 0) is 45.8 Å². The van der Waals surface area contributed by atoms with E-state index in [1.165, 1.54) is 0 Å². The molecular formula is C21H35FO2Si. The van der Waals surface area contributed by atoms with Crippen LogP contribution in [0.1, 0.15) is 72.4 Å². The van der Waals surface area contributed by atoms with Crippen molar-refractivity contribution in [2.45, 2.75) is 83.6 Å². The molecule has 0 unspecified atom stereocenters. The standard InChI is InChI=1S/C21H35FO2Si/c1-14(2)19-11-18(21(22)12-23-13-21)9-10-20(19)24-25(15(3)4,16(5)6)17(7)8/h9-11,14-17H,12-13H2,1-8H3. The minimum absolute atomic E-state index is 0.160. The molecule has 142 valence electrons. The van der Waals surface area contributed by atoms with Crippen LogP contribution in [0.5, 0.6) is 5.75 Å². The van der Waals surface area contributed by atoms with Crippen molar-refractivity contribution < 1.29 is 13.6 Å². The highest BCUT2D eigenvalue weighted by Crippen LogP contribution is 2.45. The molecular weight excluding hydrogens is 331 g/mol. The number of ether oxygens (including phenoxy) is 1. The van der Waals surface area contributed by atoms with E-state index < -0.39 is 14.0 Å². The molecule has 25 heavy (non-hydrogen) atoms. The molecule has 1 heterocycles. The molecule has 1 fully saturated rings. The van der Waals surface area contributed by atoms with E-state index in [0.717, 1.165) is 16.9 Å². The summed E-state index contributed by atoms with van der Waals surface area (Å²) in [5.74, 6) is 1.24. The molecule has 1 aliphatic heterocycles. The molecule has 1 aromatic rings. The SMILES string of the molecule is CC(C)c1cc(C2(F)COC2)ccc1O[Si](C(C)C)(C(C)C)C(C)C. The molecule has 0 bridgehead atoms. The molecule has 1 aromatic carbocycles. The van der Waals surface area contributed by atoms with Gasteiger partial charge in [0, 0.05) is 0 Å². The number of halogens is 1. The molecule has 0 amide bonds. The van der Waals surface area contributed by atoms with Crippen molar-refractivity contribution in [1.29, 1.82) is 0 Å². The summed E-state index contributed by atoms with van der Waals surface area (Å²) in [4.78, 5) is 0. The summed E-state index contributed by atoms with van der Waals surface area (Å²) in [5.41, 5.74) is 2.05. The molecule has 0 N–H and O–H groups in total. The maximum absolute atomic E-state index is 14.8. The zero-order valence-electron chi connectivity index (χ0n) is 17.2. The van der Waals surface area contributed by atoms with Crippen LogP contribution in [-0.4, -0.2) is 21.5 Å². The lowest BCUT2D eigenvalue weighted by Gasteiger charge is -2.43. The smallest absolute Gasteiger partial charge is 0.258 e. The lowest BCUT2D eigenvalue weighted by atomic mass is 9.90. The van der Waals surface area contributed by atoms with Crippen molar-refractivity contribution in [3.63, 3.8) is 0 Å². The quantitative estimate of drug-likeness (QED) is 0.509. The second-order valence-electron chi connectivity index (χ2n) is 8.79. The van der Waals surface area contributed by atoms with Crippen LogP contribution in [0.3, 0.4) is 0 Å². The second-order valence-corrected chi connectivity index (χ2v) is 14.2. The van der Waals surface area contributed by atoms with E-state index in [-0.39, 0.29) is 19.1 Å². The van der Waals surface area contributed by atoms with Crippen molar-refractivity contribution >= 4 is 8.32 Å². The predicted molar refractivity (Wildman–Crippen MR) is 106 cm³/mol. The molecule has 1 aliphatic rings. The van der Waals surface area contributed by atoms with E-state index in [0.29, 0.717) is 16.6 Å². The summed E-state index contributed by atoms with van der Waals surface area (Å²) in [5, 5.41) is 0. The molecule has 4 heteroatoms. The monoisotopic (exact) mass is 366 g/mol. The summed E-state index contributed by atoms with van der Waals surface area (Å²) in [6.07, 6.45) is 0. The number of benzene rings is 1. The van der Waals surface area contributed by atoms with Gasteiger partial charge < -0.3 is 9.16 Å². The molecule has 0 atom stereocenters. The number of hydrogen-bond acceptors (Lipinski definition) is 2. The Morgan fingerprint density at radius 1 is 0.960 bits per heavy atom. The Bertz CT molecular complexity index is 570. The van der Waals surface area contributed by atoms with Gasteiger partial charge in [0.2, 0.25) is 0 Å². The fourth-order valence-corrected chi connectivity index (χ4v) is 9.64. The third-order valence-electron chi connectivity index (χ3n) is 5.80. The van der Waals surface area contributed by atoms with E-state index >= 15 is 0 Å². The first-order chi connectivity index (χ1) is 11.5. The minimum Gasteiger partial charge on any atom is -0.542 e. The second kappa shape index (κ2) is 7.40. The highest BCUT2D eigenvalue weighted by atomic mass is 28.4. The van der Waals surface area contributed by atoms with Gasteiger partial charge in [-0.2, -0.15) is 0 Å². The third kappa shape index (κ3) is 3.66. The molecule has 0 saturated carbocycles. The van der Waals surface area contributed by atoms with Gasteiger partial charge in [-0.15, -0.1) is 0 Å². The van der Waals surface area contributed by atoms with Crippen molar-refractivity contribution in [3.8, 4) is 5.75 Å². The normalized spacial score (nSPS) is 17.5. The van der Waals surface area contributed by atoms with Gasteiger partial charge in [-0.1, -0.05) is 61.5 Å². The van der Waals surface area contributed by atoms with Gasteiger partial charge in [-0.25, -0.2) is 4.39 Å². The van der Waals surface area contributed by atoms with E-state index in [1.54, 1.807) is 0 Å². The van der Waals surface area contributed by atoms with Crippen molar-refractivity contribution in [2.75, 3.05) is 13.2 Å². The molecule has 0 spiro atoms. The van der Waals surface area contributed by atoms with Gasteiger partial charge in [0.05, 0.1) is 13.2 Å². The van der Waals surface area contributed by atoms with Crippen LogP contribution in [0.15, 0.2) is 18.2 Å². The maximum Gasteiger partial charge on any atom is 0.258 e. The first-order valence-electron chi connectivity index (χ1n) is 9.64. The maximum atomic E-state index is 14.8. The number of hydrogen-bond donors (Lipinski definition) is 0. The Morgan fingerprint density at radius 3 is 1.84 bits per heavy atom. The third-order valence-corrected chi connectivity index (χ3v) is 11.8. The van der Waals surface area contributed by atoms with Gasteiger partial charge in [0.25, 0.3) is 8.32 Å². The minimum atomic E-state index is -2.02.